The van der Waals surface area contributed by atoms with Crippen LogP contribution in [0.1, 0.15) is 38.2 Å². The summed E-state index contributed by atoms with van der Waals surface area (Å²) in [5.41, 5.74) is 1.12. The van der Waals surface area contributed by atoms with Gasteiger partial charge in [0.05, 0.1) is 19.2 Å². The third-order valence-corrected chi connectivity index (χ3v) is 3.22. The Labute approximate surface area is 115 Å². The molecule has 1 unspecified atom stereocenters. The Morgan fingerprint density at radius 1 is 1.17 bits per heavy atom. The molecule has 0 aromatic heterocycles. The lowest BCUT2D eigenvalue weighted by Gasteiger charge is -2.16. The van der Waals surface area contributed by atoms with Gasteiger partial charge in [-0.25, -0.2) is 0 Å². The zero-order valence-electron chi connectivity index (χ0n) is 11.5. The summed E-state index contributed by atoms with van der Waals surface area (Å²) in [6.45, 7) is 4.30. The second kappa shape index (κ2) is 7.32. The average molecular weight is 269 g/mol. The van der Waals surface area contributed by atoms with Crippen molar-refractivity contribution in [2.24, 2.45) is 0 Å². The monoisotopic (exact) mass is 268 g/mol. The molecule has 0 amide bonds. The number of hydrogen-bond donors (Lipinski definition) is 0. The molecule has 1 rings (SSSR count). The van der Waals surface area contributed by atoms with Crippen LogP contribution in [-0.2, 0) is 0 Å². The van der Waals surface area contributed by atoms with Gasteiger partial charge in [0.15, 0.2) is 0 Å². The van der Waals surface area contributed by atoms with Crippen molar-refractivity contribution < 1.29 is 9.47 Å². The van der Waals surface area contributed by atoms with E-state index in [4.69, 9.17) is 21.1 Å². The molecule has 0 spiro atoms. The van der Waals surface area contributed by atoms with Crippen molar-refractivity contribution in [3.05, 3.63) is 34.9 Å². The van der Waals surface area contributed by atoms with E-state index in [1.54, 1.807) is 14.2 Å². The topological polar surface area (TPSA) is 18.5 Å². The van der Waals surface area contributed by atoms with E-state index in [1.165, 1.54) is 0 Å². The van der Waals surface area contributed by atoms with E-state index < -0.39 is 0 Å². The largest absolute Gasteiger partial charge is 0.496 e. The molecule has 18 heavy (non-hydrogen) atoms. The fraction of sp³-hybridized carbons (Fsp3) is 0.467. The number of methoxy groups -OCH3 is 2. The molecule has 0 bridgehead atoms. The van der Waals surface area contributed by atoms with Gasteiger partial charge in [0, 0.05) is 11.6 Å². The van der Waals surface area contributed by atoms with E-state index in [2.05, 4.69) is 26.0 Å². The summed E-state index contributed by atoms with van der Waals surface area (Å²) in [5, 5.41) is 0.578. The molecule has 0 aliphatic carbocycles. The van der Waals surface area contributed by atoms with Crippen LogP contribution in [0.4, 0.5) is 0 Å². The van der Waals surface area contributed by atoms with Gasteiger partial charge in [0.25, 0.3) is 0 Å². The predicted octanol–water partition coefficient (Wildman–Crippen LogP) is 4.82. The third-order valence-electron chi connectivity index (χ3n) is 2.93. The molecule has 1 aromatic carbocycles. The van der Waals surface area contributed by atoms with Crippen LogP contribution >= 0.6 is 11.6 Å². The van der Waals surface area contributed by atoms with E-state index in [9.17, 15) is 0 Å². The fourth-order valence-corrected chi connectivity index (χ4v) is 2.09. The van der Waals surface area contributed by atoms with Gasteiger partial charge in [-0.15, -0.1) is 0 Å². The standard InChI is InChI=1S/C15H21ClO2/c1-5-6-7-8-11(2)12-9-15(18-4)13(16)10-14(12)17-3/h6-7,9-11H,5,8H2,1-4H3/b7-6-. The van der Waals surface area contributed by atoms with Crippen LogP contribution in [-0.4, -0.2) is 14.2 Å². The fourth-order valence-electron chi connectivity index (χ4n) is 1.86. The van der Waals surface area contributed by atoms with E-state index in [0.717, 1.165) is 24.2 Å². The molecule has 0 heterocycles. The van der Waals surface area contributed by atoms with Crippen LogP contribution in [0.2, 0.25) is 5.02 Å². The Hall–Kier alpha value is -1.15. The van der Waals surface area contributed by atoms with Gasteiger partial charge < -0.3 is 9.47 Å². The van der Waals surface area contributed by atoms with Crippen LogP contribution < -0.4 is 9.47 Å². The highest BCUT2D eigenvalue weighted by molar-refractivity contribution is 6.32. The highest BCUT2D eigenvalue weighted by Gasteiger charge is 2.14. The van der Waals surface area contributed by atoms with Crippen molar-refractivity contribution in [2.45, 2.75) is 32.6 Å². The van der Waals surface area contributed by atoms with Crippen LogP contribution in [0.15, 0.2) is 24.3 Å². The summed E-state index contributed by atoms with van der Waals surface area (Å²) >= 11 is 6.09. The summed E-state index contributed by atoms with van der Waals surface area (Å²) in [4.78, 5) is 0. The Kier molecular flexibility index (Phi) is 6.06. The smallest absolute Gasteiger partial charge is 0.138 e. The Balaban J connectivity index is 3.01. The van der Waals surface area contributed by atoms with Crippen LogP contribution in [0.3, 0.4) is 0 Å². The summed E-state index contributed by atoms with van der Waals surface area (Å²) in [7, 11) is 3.29. The lowest BCUT2D eigenvalue weighted by Crippen LogP contribution is -1.98. The summed E-state index contributed by atoms with van der Waals surface area (Å²) in [6.07, 6.45) is 6.42. The average Bonchev–Trinajstić information content (AvgIpc) is 2.38. The van der Waals surface area contributed by atoms with Crippen LogP contribution in [0.25, 0.3) is 0 Å². The Bertz CT molecular complexity index is 413. The molecule has 1 aromatic rings. The lowest BCUT2D eigenvalue weighted by atomic mass is 9.96. The van der Waals surface area contributed by atoms with E-state index in [0.29, 0.717) is 16.7 Å². The van der Waals surface area contributed by atoms with Gasteiger partial charge >= 0.3 is 0 Å². The normalized spacial score (nSPS) is 12.7. The van der Waals surface area contributed by atoms with Gasteiger partial charge in [0.2, 0.25) is 0 Å². The van der Waals surface area contributed by atoms with Gasteiger partial charge in [-0.05, 0) is 24.8 Å². The number of halogens is 1. The molecule has 0 N–H and O–H groups in total. The molecular weight excluding hydrogens is 248 g/mol. The third kappa shape index (κ3) is 3.67. The molecular formula is C15H21ClO2. The molecule has 100 valence electrons. The Morgan fingerprint density at radius 3 is 2.39 bits per heavy atom. The number of hydrogen-bond acceptors (Lipinski definition) is 2. The van der Waals surface area contributed by atoms with Crippen molar-refractivity contribution in [3.8, 4) is 11.5 Å². The van der Waals surface area contributed by atoms with Crippen molar-refractivity contribution in [1.82, 2.24) is 0 Å². The second-order valence-corrected chi connectivity index (χ2v) is 4.65. The zero-order chi connectivity index (χ0) is 13.5. The highest BCUT2D eigenvalue weighted by atomic mass is 35.5. The first-order valence-electron chi connectivity index (χ1n) is 6.20. The molecule has 0 saturated heterocycles. The van der Waals surface area contributed by atoms with Crippen molar-refractivity contribution in [3.63, 3.8) is 0 Å². The number of rotatable bonds is 6. The number of benzene rings is 1. The van der Waals surface area contributed by atoms with Crippen LogP contribution in [0.5, 0.6) is 11.5 Å². The van der Waals surface area contributed by atoms with Gasteiger partial charge in [0.1, 0.15) is 11.5 Å². The summed E-state index contributed by atoms with van der Waals surface area (Å²) < 4.78 is 10.6. The van der Waals surface area contributed by atoms with Crippen molar-refractivity contribution in [1.29, 1.82) is 0 Å². The van der Waals surface area contributed by atoms with Gasteiger partial charge in [-0.2, -0.15) is 0 Å². The minimum absolute atomic E-state index is 0.369. The summed E-state index contributed by atoms with van der Waals surface area (Å²) in [6, 6.07) is 3.78. The van der Waals surface area contributed by atoms with Crippen molar-refractivity contribution in [2.75, 3.05) is 14.2 Å². The molecule has 0 saturated carbocycles. The molecule has 0 aliphatic heterocycles. The molecule has 3 heteroatoms. The SMILES string of the molecule is CC/C=C\CC(C)c1cc(OC)c(Cl)cc1OC. The first-order chi connectivity index (χ1) is 8.63. The molecule has 1 atom stereocenters. The minimum Gasteiger partial charge on any atom is -0.496 e. The summed E-state index contributed by atoms with van der Waals surface area (Å²) in [5.74, 6) is 1.88. The van der Waals surface area contributed by atoms with Crippen molar-refractivity contribution >= 4 is 11.6 Å². The second-order valence-electron chi connectivity index (χ2n) is 4.25. The highest BCUT2D eigenvalue weighted by Crippen LogP contribution is 2.37. The van der Waals surface area contributed by atoms with E-state index in [1.807, 2.05) is 12.1 Å². The molecule has 0 aliphatic rings. The zero-order valence-corrected chi connectivity index (χ0v) is 12.3. The van der Waals surface area contributed by atoms with Crippen LogP contribution in [0, 0.1) is 0 Å². The Morgan fingerprint density at radius 2 is 1.83 bits per heavy atom. The molecule has 0 radical (unpaired) electrons. The maximum absolute atomic E-state index is 6.09. The van der Waals surface area contributed by atoms with E-state index >= 15 is 0 Å². The van der Waals surface area contributed by atoms with Gasteiger partial charge in [-0.1, -0.05) is 37.6 Å². The molecule has 0 fully saturated rings. The minimum atomic E-state index is 0.369. The van der Waals surface area contributed by atoms with Gasteiger partial charge in [-0.3, -0.25) is 0 Å². The number of allylic oxidation sites excluding steroid dienone is 2. The first-order valence-corrected chi connectivity index (χ1v) is 6.58. The predicted molar refractivity (Wildman–Crippen MR) is 77.0 cm³/mol. The first kappa shape index (κ1) is 14.9. The molecule has 2 nitrogen and oxygen atoms in total. The maximum atomic E-state index is 6.09. The lowest BCUT2D eigenvalue weighted by molar-refractivity contribution is 0.396. The quantitative estimate of drug-likeness (QED) is 0.689. The van der Waals surface area contributed by atoms with E-state index in [-0.39, 0.29) is 0 Å². The maximum Gasteiger partial charge on any atom is 0.138 e. The number of ether oxygens (including phenoxy) is 2.